The number of hydrogen-bond donors (Lipinski definition) is 2. The number of nitrogens with two attached hydrogens (primary N) is 1. The number of carboxylic acids is 1. The van der Waals surface area contributed by atoms with Crippen molar-refractivity contribution in [2.24, 2.45) is 5.14 Å². The van der Waals surface area contributed by atoms with E-state index in [4.69, 9.17) is 15.0 Å². The molecule has 2 fully saturated rings. The highest BCUT2D eigenvalue weighted by Crippen LogP contribution is 2.22. The Kier molecular flexibility index (Phi) is 4.28. The summed E-state index contributed by atoms with van der Waals surface area (Å²) in [6.45, 7) is 0.735. The number of hydrogen-bond acceptors (Lipinski definition) is 5. The third-order valence-corrected chi connectivity index (χ3v) is 4.57. The van der Waals surface area contributed by atoms with E-state index in [1.165, 1.54) is 4.90 Å². The molecule has 114 valence electrons. The molecule has 10 heteroatoms. The van der Waals surface area contributed by atoms with Gasteiger partial charge in [0.05, 0.1) is 0 Å². The Bertz CT molecular complexity index is 499. The summed E-state index contributed by atoms with van der Waals surface area (Å²) in [4.78, 5) is 24.4. The number of carboxylic acid groups (broad SMARTS) is 1. The van der Waals surface area contributed by atoms with E-state index in [9.17, 15) is 18.0 Å². The molecule has 20 heavy (non-hydrogen) atoms. The van der Waals surface area contributed by atoms with E-state index in [-0.39, 0.29) is 32.1 Å². The van der Waals surface area contributed by atoms with E-state index in [2.05, 4.69) is 0 Å². The molecule has 0 saturated carbocycles. The van der Waals surface area contributed by atoms with Crippen LogP contribution in [0.5, 0.6) is 0 Å². The van der Waals surface area contributed by atoms with Gasteiger partial charge in [-0.1, -0.05) is 0 Å². The van der Waals surface area contributed by atoms with Gasteiger partial charge in [-0.25, -0.2) is 9.93 Å². The predicted octanol–water partition coefficient (Wildman–Crippen LogP) is -2.03. The number of nitrogens with zero attached hydrogens (tertiary/aromatic N) is 2. The molecule has 0 aromatic carbocycles. The van der Waals surface area contributed by atoms with Gasteiger partial charge in [-0.2, -0.15) is 12.7 Å². The summed E-state index contributed by atoms with van der Waals surface area (Å²) in [5.74, 6) is -1.36. The summed E-state index contributed by atoms with van der Waals surface area (Å²) in [7, 11) is -3.73. The van der Waals surface area contributed by atoms with Gasteiger partial charge in [-0.3, -0.25) is 4.79 Å². The molecule has 3 N–H and O–H groups in total. The van der Waals surface area contributed by atoms with E-state index >= 15 is 0 Å². The second-order valence-electron chi connectivity index (χ2n) is 4.80. The molecular formula is C10H17N3O6S. The first-order chi connectivity index (χ1) is 9.29. The maximum atomic E-state index is 12.1. The maximum Gasteiger partial charge on any atom is 0.332 e. The van der Waals surface area contributed by atoms with Gasteiger partial charge in [-0.05, 0) is 12.8 Å². The Labute approximate surface area is 116 Å². The molecule has 0 spiro atoms. The van der Waals surface area contributed by atoms with Crippen molar-refractivity contribution < 1.29 is 27.9 Å². The molecule has 0 unspecified atom stereocenters. The number of ether oxygens (including phenoxy) is 1. The lowest BCUT2D eigenvalue weighted by molar-refractivity contribution is -0.155. The summed E-state index contributed by atoms with van der Waals surface area (Å²) in [5.41, 5.74) is 0. The van der Waals surface area contributed by atoms with Gasteiger partial charge >= 0.3 is 5.97 Å². The molecule has 2 aliphatic heterocycles. The monoisotopic (exact) mass is 307 g/mol. The predicted molar refractivity (Wildman–Crippen MR) is 66.8 cm³/mol. The summed E-state index contributed by atoms with van der Waals surface area (Å²) in [5, 5.41) is 13.8. The highest BCUT2D eigenvalue weighted by Gasteiger charge is 2.38. The first kappa shape index (κ1) is 15.2. The van der Waals surface area contributed by atoms with Gasteiger partial charge < -0.3 is 14.7 Å². The average molecular weight is 307 g/mol. The summed E-state index contributed by atoms with van der Waals surface area (Å²) in [6, 6.07) is 0. The molecule has 2 atom stereocenters. The molecule has 2 heterocycles. The Morgan fingerprint density at radius 2 is 1.65 bits per heavy atom. The molecule has 2 aliphatic rings. The lowest BCUT2D eigenvalue weighted by Crippen LogP contribution is -2.54. The van der Waals surface area contributed by atoms with Crippen molar-refractivity contribution in [2.45, 2.75) is 25.0 Å². The summed E-state index contributed by atoms with van der Waals surface area (Å²) in [6.07, 6.45) is -1.01. The van der Waals surface area contributed by atoms with Crippen molar-refractivity contribution in [1.82, 2.24) is 9.21 Å². The van der Waals surface area contributed by atoms with Gasteiger partial charge in [0.25, 0.3) is 16.1 Å². The van der Waals surface area contributed by atoms with Crippen molar-refractivity contribution in [3.63, 3.8) is 0 Å². The topological polar surface area (TPSA) is 130 Å². The van der Waals surface area contributed by atoms with Gasteiger partial charge in [0, 0.05) is 26.2 Å². The van der Waals surface area contributed by atoms with Crippen molar-refractivity contribution in [3.05, 3.63) is 0 Å². The fraction of sp³-hybridized carbons (Fsp3) is 0.800. The molecule has 0 bridgehead atoms. The van der Waals surface area contributed by atoms with Crippen LogP contribution in [0.1, 0.15) is 12.8 Å². The van der Waals surface area contributed by atoms with Crippen LogP contribution >= 0.6 is 0 Å². The first-order valence-electron chi connectivity index (χ1n) is 6.24. The second-order valence-corrected chi connectivity index (χ2v) is 6.34. The van der Waals surface area contributed by atoms with Crippen molar-refractivity contribution >= 4 is 22.1 Å². The molecule has 9 nitrogen and oxygen atoms in total. The molecule has 0 aliphatic carbocycles. The van der Waals surface area contributed by atoms with Crippen molar-refractivity contribution in [3.8, 4) is 0 Å². The third kappa shape index (κ3) is 3.26. The minimum Gasteiger partial charge on any atom is -0.479 e. The van der Waals surface area contributed by atoms with E-state index in [0.717, 1.165) is 4.31 Å². The lowest BCUT2D eigenvalue weighted by atomic mass is 10.1. The van der Waals surface area contributed by atoms with Crippen LogP contribution in [0.25, 0.3) is 0 Å². The fourth-order valence-corrected chi connectivity index (χ4v) is 3.04. The van der Waals surface area contributed by atoms with Gasteiger partial charge in [0.2, 0.25) is 0 Å². The van der Waals surface area contributed by atoms with Crippen LogP contribution in [0.4, 0.5) is 0 Å². The first-order valence-corrected chi connectivity index (χ1v) is 7.74. The van der Waals surface area contributed by atoms with E-state index in [0.29, 0.717) is 12.8 Å². The molecular weight excluding hydrogens is 290 g/mol. The molecule has 2 rings (SSSR count). The van der Waals surface area contributed by atoms with Gasteiger partial charge in [-0.15, -0.1) is 0 Å². The minimum absolute atomic E-state index is 0.139. The third-order valence-electron chi connectivity index (χ3n) is 3.48. The Hall–Kier alpha value is -1.23. The standard InChI is InChI=1S/C10H17N3O6S/c11-20(17,18)13-5-3-12(4-6-13)9(14)7-1-2-8(19-7)10(15)16/h7-8H,1-6H2,(H,15,16)(H2,11,17,18)/t7-,8+/m0/s1. The number of carbonyl (C=O) groups is 2. The number of amides is 1. The number of piperazine rings is 1. The van der Waals surface area contributed by atoms with E-state index < -0.39 is 28.4 Å². The van der Waals surface area contributed by atoms with Crippen LogP contribution in [0.2, 0.25) is 0 Å². The Balaban J connectivity index is 1.88. The van der Waals surface area contributed by atoms with Crippen LogP contribution in [-0.2, 0) is 24.5 Å². The quantitative estimate of drug-likeness (QED) is 0.618. The summed E-state index contributed by atoms with van der Waals surface area (Å²) < 4.78 is 28.6. The van der Waals surface area contributed by atoms with Crippen LogP contribution in [0.15, 0.2) is 0 Å². The van der Waals surface area contributed by atoms with Crippen LogP contribution in [-0.4, -0.2) is 73.0 Å². The van der Waals surface area contributed by atoms with Crippen LogP contribution in [0.3, 0.4) is 0 Å². The van der Waals surface area contributed by atoms with E-state index in [1.807, 2.05) is 0 Å². The maximum absolute atomic E-state index is 12.1. The zero-order chi connectivity index (χ0) is 14.9. The SMILES string of the molecule is NS(=O)(=O)N1CCN(C(=O)[C@@H]2CC[C@H](C(=O)O)O2)CC1. The minimum atomic E-state index is -3.73. The highest BCUT2D eigenvalue weighted by molar-refractivity contribution is 7.86. The number of aliphatic carboxylic acids is 1. The van der Waals surface area contributed by atoms with E-state index in [1.54, 1.807) is 0 Å². The molecule has 0 aromatic rings. The average Bonchev–Trinajstić information content (AvgIpc) is 2.86. The van der Waals surface area contributed by atoms with Gasteiger partial charge in [0.15, 0.2) is 6.10 Å². The lowest BCUT2D eigenvalue weighted by Gasteiger charge is -2.34. The highest BCUT2D eigenvalue weighted by atomic mass is 32.2. The molecule has 1 amide bonds. The second kappa shape index (κ2) is 5.64. The number of carbonyl (C=O) groups excluding carboxylic acids is 1. The normalized spacial score (nSPS) is 28.6. The zero-order valence-electron chi connectivity index (χ0n) is 10.8. The molecule has 0 radical (unpaired) electrons. The summed E-state index contributed by atoms with van der Waals surface area (Å²) >= 11 is 0. The van der Waals surface area contributed by atoms with Crippen molar-refractivity contribution in [2.75, 3.05) is 26.2 Å². The van der Waals surface area contributed by atoms with Gasteiger partial charge in [0.1, 0.15) is 6.10 Å². The van der Waals surface area contributed by atoms with Crippen molar-refractivity contribution in [1.29, 1.82) is 0 Å². The zero-order valence-corrected chi connectivity index (χ0v) is 11.6. The van der Waals surface area contributed by atoms with Crippen LogP contribution < -0.4 is 5.14 Å². The molecule has 0 aromatic heterocycles. The fourth-order valence-electron chi connectivity index (χ4n) is 2.37. The smallest absolute Gasteiger partial charge is 0.332 e. The molecule has 2 saturated heterocycles. The Morgan fingerprint density at radius 3 is 2.10 bits per heavy atom. The largest absolute Gasteiger partial charge is 0.479 e. The van der Waals surface area contributed by atoms with Crippen LogP contribution in [0, 0.1) is 0 Å². The Morgan fingerprint density at radius 1 is 1.10 bits per heavy atom. The number of rotatable bonds is 3.